The summed E-state index contributed by atoms with van der Waals surface area (Å²) in [6.45, 7) is 3.38. The van der Waals surface area contributed by atoms with E-state index in [9.17, 15) is 0 Å². The molecule has 78 valence electrons. The predicted molar refractivity (Wildman–Crippen MR) is 43.6 cm³/mol. The van der Waals surface area contributed by atoms with Crippen molar-refractivity contribution in [1.82, 2.24) is 0 Å². The lowest BCUT2D eigenvalue weighted by Gasteiger charge is -2.26. The smallest absolute Gasteiger partial charge is 0.231 e. The fraction of sp³-hybridized carbons (Fsp3) is 1.00. The Hall–Kier alpha value is -0.200. The quantitative estimate of drug-likeness (QED) is 0.533. The summed E-state index contributed by atoms with van der Waals surface area (Å²) in [5.74, 6) is -1.84. The van der Waals surface area contributed by atoms with Gasteiger partial charge in [-0.25, -0.2) is 10.1 Å². The molecule has 0 aromatic heterocycles. The van der Waals surface area contributed by atoms with Crippen molar-refractivity contribution in [3.05, 3.63) is 0 Å². The van der Waals surface area contributed by atoms with E-state index in [-0.39, 0.29) is 0 Å². The van der Waals surface area contributed by atoms with Gasteiger partial charge < -0.3 is 4.74 Å². The van der Waals surface area contributed by atoms with Crippen LogP contribution in [0.5, 0.6) is 0 Å². The molecule has 0 aliphatic carbocycles. The molecule has 1 saturated heterocycles. The normalized spacial score (nSPS) is 41.5. The van der Waals surface area contributed by atoms with E-state index in [1.807, 2.05) is 0 Å². The SMILES string of the molecule is COC1(C)CCCC(C)(OO)OO1. The van der Waals surface area contributed by atoms with Gasteiger partial charge in [-0.1, -0.05) is 0 Å². The van der Waals surface area contributed by atoms with Crippen molar-refractivity contribution in [2.45, 2.75) is 44.7 Å². The molecular weight excluding hydrogens is 176 g/mol. The summed E-state index contributed by atoms with van der Waals surface area (Å²) in [5, 5.41) is 8.57. The van der Waals surface area contributed by atoms with Crippen LogP contribution in [-0.4, -0.2) is 23.9 Å². The molecule has 1 N–H and O–H groups in total. The summed E-state index contributed by atoms with van der Waals surface area (Å²) in [4.78, 5) is 14.2. The van der Waals surface area contributed by atoms with Crippen LogP contribution in [0.2, 0.25) is 0 Å². The molecule has 0 bridgehead atoms. The molecule has 0 spiro atoms. The fourth-order valence-electron chi connectivity index (χ4n) is 1.19. The summed E-state index contributed by atoms with van der Waals surface area (Å²) in [6, 6.07) is 0. The van der Waals surface area contributed by atoms with Crippen LogP contribution in [0.25, 0.3) is 0 Å². The standard InChI is InChI=1S/C8H16O5/c1-7(10-3)5-4-6-8(2,11-9)13-12-7/h9H,4-6H2,1-3H3. The maximum atomic E-state index is 8.57. The van der Waals surface area contributed by atoms with E-state index < -0.39 is 11.6 Å². The maximum absolute atomic E-state index is 8.57. The molecule has 1 aliphatic rings. The van der Waals surface area contributed by atoms with Crippen LogP contribution < -0.4 is 0 Å². The first-order chi connectivity index (χ1) is 6.04. The minimum absolute atomic E-state index is 0.558. The number of ether oxygens (including phenoxy) is 1. The van der Waals surface area contributed by atoms with Gasteiger partial charge in [0.2, 0.25) is 5.79 Å². The molecule has 2 unspecified atom stereocenters. The average Bonchev–Trinajstić information content (AvgIpc) is 2.29. The Labute approximate surface area is 77.4 Å². The van der Waals surface area contributed by atoms with Gasteiger partial charge in [0.1, 0.15) is 0 Å². The van der Waals surface area contributed by atoms with Crippen molar-refractivity contribution >= 4 is 0 Å². The van der Waals surface area contributed by atoms with Crippen LogP contribution in [0, 0.1) is 0 Å². The van der Waals surface area contributed by atoms with Crippen LogP contribution in [0.15, 0.2) is 0 Å². The molecule has 0 radical (unpaired) electrons. The highest BCUT2D eigenvalue weighted by Gasteiger charge is 2.38. The Bertz CT molecular complexity index is 156. The second-order valence-corrected chi connectivity index (χ2v) is 3.58. The van der Waals surface area contributed by atoms with Gasteiger partial charge in [-0.15, -0.1) is 0 Å². The molecule has 5 heteroatoms. The zero-order chi connectivity index (χ0) is 9.95. The fourth-order valence-corrected chi connectivity index (χ4v) is 1.19. The Kier molecular flexibility index (Phi) is 3.26. The monoisotopic (exact) mass is 192 g/mol. The zero-order valence-corrected chi connectivity index (χ0v) is 8.20. The summed E-state index contributed by atoms with van der Waals surface area (Å²) in [6.07, 6.45) is 2.05. The predicted octanol–water partition coefficient (Wildman–Crippen LogP) is 1.69. The Morgan fingerprint density at radius 2 is 1.69 bits per heavy atom. The van der Waals surface area contributed by atoms with E-state index in [2.05, 4.69) is 4.89 Å². The Balaban J connectivity index is 2.58. The topological polar surface area (TPSA) is 57.2 Å². The van der Waals surface area contributed by atoms with Gasteiger partial charge in [0, 0.05) is 20.0 Å². The van der Waals surface area contributed by atoms with Crippen LogP contribution in [0.4, 0.5) is 0 Å². The Morgan fingerprint density at radius 1 is 1.15 bits per heavy atom. The first-order valence-electron chi connectivity index (χ1n) is 4.28. The van der Waals surface area contributed by atoms with Crippen LogP contribution >= 0.6 is 0 Å². The molecule has 1 aliphatic heterocycles. The number of hydrogen-bond acceptors (Lipinski definition) is 5. The van der Waals surface area contributed by atoms with Gasteiger partial charge in [0.25, 0.3) is 0 Å². The van der Waals surface area contributed by atoms with Gasteiger partial charge in [-0.3, -0.25) is 0 Å². The average molecular weight is 192 g/mol. The van der Waals surface area contributed by atoms with E-state index in [0.29, 0.717) is 12.8 Å². The lowest BCUT2D eigenvalue weighted by Crippen LogP contribution is -2.34. The second-order valence-electron chi connectivity index (χ2n) is 3.58. The zero-order valence-electron chi connectivity index (χ0n) is 8.20. The van der Waals surface area contributed by atoms with Crippen molar-refractivity contribution in [2.24, 2.45) is 0 Å². The molecule has 5 nitrogen and oxygen atoms in total. The van der Waals surface area contributed by atoms with E-state index in [0.717, 1.165) is 6.42 Å². The first kappa shape index (κ1) is 10.9. The van der Waals surface area contributed by atoms with Crippen molar-refractivity contribution < 1.29 is 24.7 Å². The Morgan fingerprint density at radius 3 is 2.23 bits per heavy atom. The lowest BCUT2D eigenvalue weighted by molar-refractivity contribution is -0.530. The van der Waals surface area contributed by atoms with Gasteiger partial charge in [-0.05, 0) is 20.3 Å². The highest BCUT2D eigenvalue weighted by molar-refractivity contribution is 4.69. The summed E-state index contributed by atoms with van der Waals surface area (Å²) >= 11 is 0. The molecule has 1 heterocycles. The third-order valence-electron chi connectivity index (χ3n) is 2.28. The van der Waals surface area contributed by atoms with Crippen LogP contribution in [0.3, 0.4) is 0 Å². The molecule has 1 fully saturated rings. The summed E-state index contributed by atoms with van der Waals surface area (Å²) in [7, 11) is 1.55. The highest BCUT2D eigenvalue weighted by Crippen LogP contribution is 2.31. The third kappa shape index (κ3) is 2.62. The van der Waals surface area contributed by atoms with Crippen molar-refractivity contribution in [3.63, 3.8) is 0 Å². The number of hydrogen-bond donors (Lipinski definition) is 1. The molecule has 0 aromatic rings. The highest BCUT2D eigenvalue weighted by atomic mass is 17.3. The molecule has 2 atom stereocenters. The van der Waals surface area contributed by atoms with Gasteiger partial charge in [0.05, 0.1) is 0 Å². The molecular formula is C8H16O5. The molecule has 0 amide bonds. The molecule has 13 heavy (non-hydrogen) atoms. The molecule has 0 saturated carbocycles. The van der Waals surface area contributed by atoms with Gasteiger partial charge >= 0.3 is 0 Å². The van der Waals surface area contributed by atoms with Crippen molar-refractivity contribution in [3.8, 4) is 0 Å². The molecule has 0 aromatic carbocycles. The number of rotatable bonds is 2. The van der Waals surface area contributed by atoms with E-state index in [4.69, 9.17) is 19.8 Å². The van der Waals surface area contributed by atoms with Crippen LogP contribution in [0.1, 0.15) is 33.1 Å². The first-order valence-corrected chi connectivity index (χ1v) is 4.28. The second kappa shape index (κ2) is 3.89. The van der Waals surface area contributed by atoms with Crippen molar-refractivity contribution in [1.29, 1.82) is 0 Å². The van der Waals surface area contributed by atoms with Gasteiger partial charge in [0.15, 0.2) is 5.79 Å². The van der Waals surface area contributed by atoms with E-state index in [1.165, 1.54) is 0 Å². The lowest BCUT2D eigenvalue weighted by atomic mass is 10.1. The van der Waals surface area contributed by atoms with Gasteiger partial charge in [-0.2, -0.15) is 9.78 Å². The van der Waals surface area contributed by atoms with E-state index in [1.54, 1.807) is 21.0 Å². The summed E-state index contributed by atoms with van der Waals surface area (Å²) in [5.41, 5.74) is 0. The summed E-state index contributed by atoms with van der Waals surface area (Å²) < 4.78 is 5.11. The van der Waals surface area contributed by atoms with E-state index >= 15 is 0 Å². The number of methoxy groups -OCH3 is 1. The largest absolute Gasteiger partial charge is 0.351 e. The maximum Gasteiger partial charge on any atom is 0.231 e. The minimum atomic E-state index is -1.09. The molecule has 1 rings (SSSR count). The minimum Gasteiger partial charge on any atom is -0.351 e. The third-order valence-corrected chi connectivity index (χ3v) is 2.28. The van der Waals surface area contributed by atoms with Crippen LogP contribution in [-0.2, 0) is 19.4 Å². The van der Waals surface area contributed by atoms with Crippen molar-refractivity contribution in [2.75, 3.05) is 7.11 Å².